The summed E-state index contributed by atoms with van der Waals surface area (Å²) in [4.78, 5) is 25.6. The van der Waals surface area contributed by atoms with Crippen molar-refractivity contribution in [2.45, 2.75) is 39.2 Å². The number of nitrogens with zero attached hydrogens (tertiary/aromatic N) is 3. The number of alkyl halides is 3. The Balaban J connectivity index is 2.18. The lowest BCUT2D eigenvalue weighted by molar-refractivity contribution is -0.275. The molecule has 1 heterocycles. The van der Waals surface area contributed by atoms with E-state index in [9.17, 15) is 22.8 Å². The molecule has 2 aromatic rings. The van der Waals surface area contributed by atoms with Crippen molar-refractivity contribution in [3.8, 4) is 5.75 Å². The van der Waals surface area contributed by atoms with Crippen molar-refractivity contribution in [1.29, 1.82) is 0 Å². The molecule has 1 aromatic carbocycles. The number of halogens is 3. The molecule has 6 nitrogen and oxygen atoms in total. The van der Waals surface area contributed by atoms with Crippen LogP contribution in [0.5, 0.6) is 5.75 Å². The SMILES string of the molecule is CCCCn1nc(C(=O)N(C)Cc2ccccc2OC(F)(F)F)ccc1=O. The van der Waals surface area contributed by atoms with Gasteiger partial charge in [0.05, 0.1) is 0 Å². The number of unbranched alkanes of at least 4 members (excludes halogenated alkanes) is 1. The largest absolute Gasteiger partial charge is 0.573 e. The van der Waals surface area contributed by atoms with E-state index in [4.69, 9.17) is 0 Å². The predicted octanol–water partition coefficient (Wildman–Crippen LogP) is 3.21. The highest BCUT2D eigenvalue weighted by Gasteiger charge is 2.32. The van der Waals surface area contributed by atoms with Gasteiger partial charge in [-0.25, -0.2) is 4.68 Å². The molecule has 146 valence electrons. The van der Waals surface area contributed by atoms with Crippen LogP contribution in [-0.2, 0) is 13.1 Å². The number of hydrogen-bond acceptors (Lipinski definition) is 4. The lowest BCUT2D eigenvalue weighted by Crippen LogP contribution is -2.31. The van der Waals surface area contributed by atoms with Crippen LogP contribution in [0.2, 0.25) is 0 Å². The monoisotopic (exact) mass is 383 g/mol. The van der Waals surface area contributed by atoms with E-state index in [-0.39, 0.29) is 29.1 Å². The standard InChI is InChI=1S/C18H20F3N3O3/c1-3-4-11-24-16(25)10-9-14(22-24)17(26)23(2)12-13-7-5-6-8-15(13)27-18(19,20)21/h5-10H,3-4,11-12H2,1-2H3. The predicted molar refractivity (Wildman–Crippen MR) is 92.3 cm³/mol. The molecule has 0 saturated carbocycles. The molecule has 0 atom stereocenters. The fourth-order valence-electron chi connectivity index (χ4n) is 2.41. The number of amides is 1. The van der Waals surface area contributed by atoms with Crippen LogP contribution in [0.3, 0.4) is 0 Å². The number of ether oxygens (including phenoxy) is 1. The number of benzene rings is 1. The van der Waals surface area contributed by atoms with Crippen molar-refractivity contribution in [2.24, 2.45) is 0 Å². The maximum Gasteiger partial charge on any atom is 0.573 e. The van der Waals surface area contributed by atoms with Gasteiger partial charge >= 0.3 is 6.36 Å². The van der Waals surface area contributed by atoms with E-state index < -0.39 is 12.3 Å². The van der Waals surface area contributed by atoms with E-state index in [0.29, 0.717) is 6.54 Å². The van der Waals surface area contributed by atoms with Crippen molar-refractivity contribution < 1.29 is 22.7 Å². The Morgan fingerprint density at radius 1 is 1.22 bits per heavy atom. The van der Waals surface area contributed by atoms with Crippen molar-refractivity contribution in [3.05, 3.63) is 58.0 Å². The summed E-state index contributed by atoms with van der Waals surface area (Å²) in [5, 5.41) is 4.06. The summed E-state index contributed by atoms with van der Waals surface area (Å²) in [6.45, 7) is 2.25. The molecule has 1 aromatic heterocycles. The second-order valence-corrected chi connectivity index (χ2v) is 5.95. The van der Waals surface area contributed by atoms with Gasteiger partial charge in [-0.2, -0.15) is 5.10 Å². The normalized spacial score (nSPS) is 11.3. The Labute approximate surface area is 154 Å². The van der Waals surface area contributed by atoms with E-state index in [1.165, 1.54) is 47.0 Å². The quantitative estimate of drug-likeness (QED) is 0.737. The van der Waals surface area contributed by atoms with E-state index >= 15 is 0 Å². The Morgan fingerprint density at radius 2 is 1.93 bits per heavy atom. The first-order valence-corrected chi connectivity index (χ1v) is 8.38. The van der Waals surface area contributed by atoms with Crippen LogP contribution in [0, 0.1) is 0 Å². The molecule has 0 spiro atoms. The number of para-hydroxylation sites is 1. The molecule has 0 fully saturated rings. The summed E-state index contributed by atoms with van der Waals surface area (Å²) < 4.78 is 42.8. The highest BCUT2D eigenvalue weighted by atomic mass is 19.4. The lowest BCUT2D eigenvalue weighted by atomic mass is 10.2. The van der Waals surface area contributed by atoms with Crippen LogP contribution in [-0.4, -0.2) is 34.0 Å². The third kappa shape index (κ3) is 5.83. The molecule has 0 aliphatic carbocycles. The van der Waals surface area contributed by atoms with E-state index in [0.717, 1.165) is 12.8 Å². The molecule has 0 bridgehead atoms. The molecule has 2 rings (SSSR count). The maximum absolute atomic E-state index is 12.6. The minimum Gasteiger partial charge on any atom is -0.405 e. The van der Waals surface area contributed by atoms with Gasteiger partial charge in [0, 0.05) is 31.8 Å². The van der Waals surface area contributed by atoms with Gasteiger partial charge in [-0.3, -0.25) is 9.59 Å². The number of carbonyl (C=O) groups excluding carboxylic acids is 1. The highest BCUT2D eigenvalue weighted by Crippen LogP contribution is 2.27. The van der Waals surface area contributed by atoms with Gasteiger partial charge < -0.3 is 9.64 Å². The van der Waals surface area contributed by atoms with Gasteiger partial charge in [-0.1, -0.05) is 31.5 Å². The van der Waals surface area contributed by atoms with Crippen molar-refractivity contribution in [2.75, 3.05) is 7.05 Å². The molecular weight excluding hydrogens is 363 g/mol. The molecule has 0 radical (unpaired) electrons. The van der Waals surface area contributed by atoms with Gasteiger partial charge in [0.25, 0.3) is 11.5 Å². The van der Waals surface area contributed by atoms with Gasteiger partial charge in [0.15, 0.2) is 0 Å². The Kier molecular flexibility index (Phi) is 6.59. The number of aryl methyl sites for hydroxylation is 1. The molecule has 0 N–H and O–H groups in total. The highest BCUT2D eigenvalue weighted by molar-refractivity contribution is 5.91. The fraction of sp³-hybridized carbons (Fsp3) is 0.389. The Bertz CT molecular complexity index is 849. The van der Waals surface area contributed by atoms with E-state index in [1.54, 1.807) is 6.07 Å². The number of aromatic nitrogens is 2. The second kappa shape index (κ2) is 8.70. The molecule has 1 amide bonds. The van der Waals surface area contributed by atoms with Crippen molar-refractivity contribution in [3.63, 3.8) is 0 Å². The minimum absolute atomic E-state index is 0.0439. The first kappa shape index (κ1) is 20.5. The molecular formula is C18H20F3N3O3. The van der Waals surface area contributed by atoms with Crippen LogP contribution in [0.1, 0.15) is 35.8 Å². The topological polar surface area (TPSA) is 64.4 Å². The van der Waals surface area contributed by atoms with Crippen LogP contribution in [0.4, 0.5) is 13.2 Å². The van der Waals surface area contributed by atoms with Crippen LogP contribution < -0.4 is 10.3 Å². The third-order valence-corrected chi connectivity index (χ3v) is 3.76. The third-order valence-electron chi connectivity index (χ3n) is 3.76. The van der Waals surface area contributed by atoms with Crippen LogP contribution in [0.15, 0.2) is 41.2 Å². The van der Waals surface area contributed by atoms with Gasteiger partial charge in [0.2, 0.25) is 0 Å². The molecule has 27 heavy (non-hydrogen) atoms. The zero-order valence-corrected chi connectivity index (χ0v) is 15.0. The van der Waals surface area contributed by atoms with E-state index in [2.05, 4.69) is 9.84 Å². The summed E-state index contributed by atoms with van der Waals surface area (Å²) >= 11 is 0. The number of rotatable bonds is 7. The van der Waals surface area contributed by atoms with Crippen LogP contribution in [0.25, 0.3) is 0 Å². The summed E-state index contributed by atoms with van der Waals surface area (Å²) in [5.74, 6) is -0.882. The van der Waals surface area contributed by atoms with Crippen LogP contribution >= 0.6 is 0 Å². The first-order chi connectivity index (χ1) is 12.7. The first-order valence-electron chi connectivity index (χ1n) is 8.38. The lowest BCUT2D eigenvalue weighted by Gasteiger charge is -2.19. The van der Waals surface area contributed by atoms with Crippen molar-refractivity contribution >= 4 is 5.91 Å². The number of carbonyl (C=O) groups is 1. The molecule has 0 aliphatic heterocycles. The average Bonchev–Trinajstić information content (AvgIpc) is 2.61. The molecule has 9 heteroatoms. The zero-order chi connectivity index (χ0) is 20.0. The molecule has 0 aliphatic rings. The number of hydrogen-bond donors (Lipinski definition) is 0. The maximum atomic E-state index is 12.6. The van der Waals surface area contributed by atoms with E-state index in [1.807, 2.05) is 6.92 Å². The second-order valence-electron chi connectivity index (χ2n) is 5.95. The average molecular weight is 383 g/mol. The van der Waals surface area contributed by atoms with Gasteiger partial charge in [-0.05, 0) is 18.6 Å². The molecule has 0 unspecified atom stereocenters. The summed E-state index contributed by atoms with van der Waals surface area (Å²) in [7, 11) is 1.44. The molecule has 0 saturated heterocycles. The van der Waals surface area contributed by atoms with Gasteiger partial charge in [0.1, 0.15) is 11.4 Å². The fourth-order valence-corrected chi connectivity index (χ4v) is 2.41. The zero-order valence-electron chi connectivity index (χ0n) is 15.0. The summed E-state index contributed by atoms with van der Waals surface area (Å²) in [6.07, 6.45) is -3.22. The Morgan fingerprint density at radius 3 is 2.59 bits per heavy atom. The van der Waals surface area contributed by atoms with Crippen molar-refractivity contribution in [1.82, 2.24) is 14.7 Å². The Hall–Kier alpha value is -2.84. The summed E-state index contributed by atoms with van der Waals surface area (Å²) in [5.41, 5.74) is -0.0704. The van der Waals surface area contributed by atoms with Gasteiger partial charge in [-0.15, -0.1) is 13.2 Å². The minimum atomic E-state index is -4.82. The summed E-state index contributed by atoms with van der Waals surface area (Å²) in [6, 6.07) is 8.16. The smallest absolute Gasteiger partial charge is 0.405 e.